The minimum Gasteiger partial charge on any atom is -0.480 e. The van der Waals surface area contributed by atoms with Crippen LogP contribution < -0.4 is 4.74 Å². The van der Waals surface area contributed by atoms with E-state index in [1.54, 1.807) is 0 Å². The number of ether oxygens (including phenoxy) is 2. The lowest BCUT2D eigenvalue weighted by Gasteiger charge is -2.10. The van der Waals surface area contributed by atoms with E-state index in [2.05, 4.69) is 27.6 Å². The average Bonchev–Trinajstić information content (AvgIpc) is 2.38. The number of carbonyl (C=O) groups excluding carboxylic acids is 1. The first-order valence-electron chi connectivity index (χ1n) is 4.99. The zero-order valence-electron chi connectivity index (χ0n) is 9.66. The van der Waals surface area contributed by atoms with Crippen LogP contribution in [0, 0.1) is 3.57 Å². The van der Waals surface area contributed by atoms with E-state index in [0.29, 0.717) is 15.9 Å². The molecule has 2 aromatic rings. The molecular formula is C12H9ClINO3. The normalized spacial score (nSPS) is 10.4. The topological polar surface area (TPSA) is 48.4 Å². The molecule has 0 amide bonds. The third kappa shape index (κ3) is 2.24. The van der Waals surface area contributed by atoms with Crippen LogP contribution in [0.5, 0.6) is 5.88 Å². The fraction of sp³-hybridized carbons (Fsp3) is 0.167. The van der Waals surface area contributed by atoms with Gasteiger partial charge in [0.25, 0.3) is 0 Å². The molecule has 0 bridgehead atoms. The minimum atomic E-state index is -0.565. The molecule has 0 saturated carbocycles. The summed E-state index contributed by atoms with van der Waals surface area (Å²) in [7, 11) is 2.72. The third-order valence-electron chi connectivity index (χ3n) is 2.43. The molecule has 0 saturated heterocycles. The zero-order valence-corrected chi connectivity index (χ0v) is 12.6. The second-order valence-electron chi connectivity index (χ2n) is 3.46. The van der Waals surface area contributed by atoms with Crippen LogP contribution in [0.4, 0.5) is 0 Å². The molecule has 0 fully saturated rings. The first-order chi connectivity index (χ1) is 8.58. The number of rotatable bonds is 2. The predicted molar refractivity (Wildman–Crippen MR) is 77.4 cm³/mol. The van der Waals surface area contributed by atoms with Gasteiger partial charge in [-0.1, -0.05) is 11.6 Å². The summed E-state index contributed by atoms with van der Waals surface area (Å²) in [6, 6.07) is 5.59. The maximum absolute atomic E-state index is 11.7. The SMILES string of the molecule is COC(=O)c1c(OC)nc2ccc(I)cc2c1Cl. The van der Waals surface area contributed by atoms with E-state index >= 15 is 0 Å². The highest BCUT2D eigenvalue weighted by Gasteiger charge is 2.21. The van der Waals surface area contributed by atoms with Crippen LogP contribution in [0.2, 0.25) is 5.02 Å². The zero-order chi connectivity index (χ0) is 13.3. The Morgan fingerprint density at radius 3 is 2.72 bits per heavy atom. The lowest BCUT2D eigenvalue weighted by atomic mass is 10.1. The molecule has 0 aliphatic carbocycles. The van der Waals surface area contributed by atoms with Crippen LogP contribution in [-0.2, 0) is 4.74 Å². The molecule has 0 aliphatic rings. The molecule has 0 atom stereocenters. The fourth-order valence-corrected chi connectivity index (χ4v) is 2.40. The second-order valence-corrected chi connectivity index (χ2v) is 5.09. The summed E-state index contributed by atoms with van der Waals surface area (Å²) in [5.74, 6) is -0.398. The van der Waals surface area contributed by atoms with Gasteiger partial charge >= 0.3 is 5.97 Å². The van der Waals surface area contributed by atoms with E-state index in [4.69, 9.17) is 21.1 Å². The van der Waals surface area contributed by atoms with Gasteiger partial charge in [0.1, 0.15) is 5.56 Å². The van der Waals surface area contributed by atoms with Gasteiger partial charge in [-0.3, -0.25) is 0 Å². The number of nitrogens with zero attached hydrogens (tertiary/aromatic N) is 1. The van der Waals surface area contributed by atoms with Crippen molar-refractivity contribution in [1.82, 2.24) is 4.98 Å². The lowest BCUT2D eigenvalue weighted by molar-refractivity contribution is 0.0596. The highest BCUT2D eigenvalue weighted by Crippen LogP contribution is 2.33. The van der Waals surface area contributed by atoms with Gasteiger partial charge in [0.15, 0.2) is 0 Å². The molecule has 0 radical (unpaired) electrons. The first kappa shape index (κ1) is 13.4. The van der Waals surface area contributed by atoms with E-state index < -0.39 is 5.97 Å². The van der Waals surface area contributed by atoms with Crippen molar-refractivity contribution >= 4 is 51.1 Å². The van der Waals surface area contributed by atoms with E-state index in [1.165, 1.54) is 14.2 Å². The van der Waals surface area contributed by atoms with Gasteiger partial charge < -0.3 is 9.47 Å². The van der Waals surface area contributed by atoms with Crippen LogP contribution in [0.3, 0.4) is 0 Å². The number of fused-ring (bicyclic) bond motifs is 1. The van der Waals surface area contributed by atoms with Crippen molar-refractivity contribution in [2.75, 3.05) is 14.2 Å². The van der Waals surface area contributed by atoms with Gasteiger partial charge in [0.2, 0.25) is 5.88 Å². The molecule has 1 aromatic carbocycles. The van der Waals surface area contributed by atoms with Crippen molar-refractivity contribution in [2.24, 2.45) is 0 Å². The summed E-state index contributed by atoms with van der Waals surface area (Å²) in [6.45, 7) is 0. The molecule has 0 spiro atoms. The number of hydrogen-bond acceptors (Lipinski definition) is 4. The first-order valence-corrected chi connectivity index (χ1v) is 6.45. The van der Waals surface area contributed by atoms with Crippen molar-refractivity contribution < 1.29 is 14.3 Å². The lowest BCUT2D eigenvalue weighted by Crippen LogP contribution is -2.07. The number of methoxy groups -OCH3 is 2. The molecule has 6 heteroatoms. The Morgan fingerprint density at radius 1 is 1.39 bits per heavy atom. The number of aromatic nitrogens is 1. The average molecular weight is 378 g/mol. The van der Waals surface area contributed by atoms with Crippen LogP contribution in [-0.4, -0.2) is 25.2 Å². The number of hydrogen-bond donors (Lipinski definition) is 0. The molecular weight excluding hydrogens is 368 g/mol. The molecule has 2 rings (SSSR count). The highest BCUT2D eigenvalue weighted by molar-refractivity contribution is 14.1. The minimum absolute atomic E-state index is 0.149. The van der Waals surface area contributed by atoms with E-state index in [1.807, 2.05) is 18.2 Å². The van der Waals surface area contributed by atoms with E-state index in [-0.39, 0.29) is 11.4 Å². The Hall–Kier alpha value is -1.08. The number of pyridine rings is 1. The van der Waals surface area contributed by atoms with E-state index in [9.17, 15) is 4.79 Å². The third-order valence-corrected chi connectivity index (χ3v) is 3.50. The van der Waals surface area contributed by atoms with Gasteiger partial charge in [0.05, 0.1) is 24.8 Å². The van der Waals surface area contributed by atoms with Crippen LogP contribution in [0.15, 0.2) is 18.2 Å². The highest BCUT2D eigenvalue weighted by atomic mass is 127. The number of halogens is 2. The van der Waals surface area contributed by atoms with Crippen LogP contribution in [0.25, 0.3) is 10.9 Å². The van der Waals surface area contributed by atoms with Crippen LogP contribution in [0.1, 0.15) is 10.4 Å². The Labute approximate surface area is 122 Å². The standard InChI is InChI=1S/C12H9ClINO3/c1-17-11-9(12(16)18-2)10(13)7-5-6(14)3-4-8(7)15-11/h3-5H,1-2H3. The molecule has 1 heterocycles. The molecule has 0 N–H and O–H groups in total. The summed E-state index contributed by atoms with van der Waals surface area (Å²) in [6.07, 6.45) is 0. The largest absolute Gasteiger partial charge is 0.480 e. The van der Waals surface area contributed by atoms with Crippen molar-refractivity contribution in [2.45, 2.75) is 0 Å². The second kappa shape index (κ2) is 5.27. The van der Waals surface area contributed by atoms with Gasteiger partial charge in [-0.15, -0.1) is 0 Å². The Bertz CT molecular complexity index is 630. The molecule has 1 aromatic heterocycles. The van der Waals surface area contributed by atoms with Crippen molar-refractivity contribution in [3.05, 3.63) is 32.4 Å². The molecule has 18 heavy (non-hydrogen) atoms. The predicted octanol–water partition coefficient (Wildman–Crippen LogP) is 3.29. The summed E-state index contributed by atoms with van der Waals surface area (Å²) in [4.78, 5) is 16.0. The van der Waals surface area contributed by atoms with Crippen molar-refractivity contribution in [3.63, 3.8) is 0 Å². The summed E-state index contributed by atoms with van der Waals surface area (Å²) in [5, 5.41) is 0.993. The quantitative estimate of drug-likeness (QED) is 0.595. The molecule has 94 valence electrons. The van der Waals surface area contributed by atoms with E-state index in [0.717, 1.165) is 3.57 Å². The molecule has 0 aliphatic heterocycles. The maximum Gasteiger partial charge on any atom is 0.344 e. The monoisotopic (exact) mass is 377 g/mol. The van der Waals surface area contributed by atoms with Gasteiger partial charge in [-0.05, 0) is 40.8 Å². The molecule has 4 nitrogen and oxygen atoms in total. The number of benzene rings is 1. The Balaban J connectivity index is 2.83. The number of esters is 1. The molecule has 0 unspecified atom stereocenters. The van der Waals surface area contributed by atoms with Crippen molar-refractivity contribution in [1.29, 1.82) is 0 Å². The summed E-state index contributed by atoms with van der Waals surface area (Å²) >= 11 is 8.41. The fourth-order valence-electron chi connectivity index (χ4n) is 1.60. The van der Waals surface area contributed by atoms with Gasteiger partial charge in [-0.25, -0.2) is 9.78 Å². The van der Waals surface area contributed by atoms with Crippen molar-refractivity contribution in [3.8, 4) is 5.88 Å². The Kier molecular flexibility index (Phi) is 3.91. The van der Waals surface area contributed by atoms with Gasteiger partial charge in [-0.2, -0.15) is 0 Å². The Morgan fingerprint density at radius 2 is 2.11 bits per heavy atom. The van der Waals surface area contributed by atoms with Crippen LogP contribution >= 0.6 is 34.2 Å². The smallest absolute Gasteiger partial charge is 0.344 e. The summed E-state index contributed by atoms with van der Waals surface area (Å²) in [5.41, 5.74) is 0.820. The summed E-state index contributed by atoms with van der Waals surface area (Å²) < 4.78 is 10.8. The number of carbonyl (C=O) groups is 1. The maximum atomic E-state index is 11.7. The van der Waals surface area contributed by atoms with Gasteiger partial charge in [0, 0.05) is 8.96 Å².